The summed E-state index contributed by atoms with van der Waals surface area (Å²) < 4.78 is 1.93. The Morgan fingerprint density at radius 2 is 2.00 bits per heavy atom. The van der Waals surface area contributed by atoms with Crippen molar-refractivity contribution in [1.82, 2.24) is 19.9 Å². The van der Waals surface area contributed by atoms with Crippen LogP contribution < -0.4 is 5.32 Å². The number of hydrogen-bond donors (Lipinski definition) is 1. The second kappa shape index (κ2) is 7.05. The number of unbranched alkanes of at least 4 members (excludes halogenated alkanes) is 1. The van der Waals surface area contributed by atoms with E-state index in [0.29, 0.717) is 6.54 Å². The van der Waals surface area contributed by atoms with Gasteiger partial charge in [0.2, 0.25) is 5.91 Å². The number of benzene rings is 1. The minimum atomic E-state index is -0.00113. The number of aromatic nitrogens is 3. The lowest BCUT2D eigenvalue weighted by atomic mass is 10.3. The molecule has 0 saturated carbocycles. The van der Waals surface area contributed by atoms with Crippen LogP contribution in [0.4, 0.5) is 0 Å². The molecule has 5 heteroatoms. The first-order valence-corrected chi connectivity index (χ1v) is 7.93. The maximum absolute atomic E-state index is 12.2. The molecule has 1 N–H and O–H groups in total. The zero-order chi connectivity index (χ0) is 16.1. The van der Waals surface area contributed by atoms with E-state index in [9.17, 15) is 4.79 Å². The van der Waals surface area contributed by atoms with Gasteiger partial charge in [0.05, 0.1) is 11.0 Å². The zero-order valence-electron chi connectivity index (χ0n) is 13.2. The standard InChI is InChI=1S/C18H20N4O/c1-2-3-11-20-17(23)13-22-16-10-5-4-8-14(16)21-18(22)15-9-6-7-12-19-15/h4-10,12H,2-3,11,13H2,1H3,(H,20,23). The quantitative estimate of drug-likeness (QED) is 0.712. The highest BCUT2D eigenvalue weighted by Crippen LogP contribution is 2.23. The van der Waals surface area contributed by atoms with Crippen molar-refractivity contribution in [1.29, 1.82) is 0 Å². The van der Waals surface area contributed by atoms with Crippen LogP contribution in [0.2, 0.25) is 0 Å². The Morgan fingerprint density at radius 3 is 2.78 bits per heavy atom. The molecule has 5 nitrogen and oxygen atoms in total. The zero-order valence-corrected chi connectivity index (χ0v) is 13.2. The largest absolute Gasteiger partial charge is 0.355 e. The van der Waals surface area contributed by atoms with Crippen LogP contribution in [0.5, 0.6) is 0 Å². The Bertz CT molecular complexity index is 795. The second-order valence-corrected chi connectivity index (χ2v) is 5.43. The molecule has 0 saturated heterocycles. The van der Waals surface area contributed by atoms with E-state index in [4.69, 9.17) is 0 Å². The fraction of sp³-hybridized carbons (Fsp3) is 0.278. The van der Waals surface area contributed by atoms with Gasteiger partial charge in [-0.3, -0.25) is 9.78 Å². The van der Waals surface area contributed by atoms with Crippen molar-refractivity contribution in [3.8, 4) is 11.5 Å². The molecule has 1 amide bonds. The molecule has 0 aliphatic heterocycles. The first kappa shape index (κ1) is 15.2. The molecule has 3 aromatic rings. The first-order valence-electron chi connectivity index (χ1n) is 7.93. The van der Waals surface area contributed by atoms with Crippen LogP contribution in [0.25, 0.3) is 22.6 Å². The third-order valence-electron chi connectivity index (χ3n) is 3.70. The van der Waals surface area contributed by atoms with Gasteiger partial charge in [0.15, 0.2) is 5.82 Å². The third kappa shape index (κ3) is 3.39. The fourth-order valence-corrected chi connectivity index (χ4v) is 2.53. The van der Waals surface area contributed by atoms with E-state index in [1.807, 2.05) is 47.0 Å². The SMILES string of the molecule is CCCCNC(=O)Cn1c(-c2ccccn2)nc2ccccc21. The van der Waals surface area contributed by atoms with Crippen molar-refractivity contribution in [2.75, 3.05) is 6.54 Å². The second-order valence-electron chi connectivity index (χ2n) is 5.43. The summed E-state index contributed by atoms with van der Waals surface area (Å²) >= 11 is 0. The summed E-state index contributed by atoms with van der Waals surface area (Å²) in [5, 5.41) is 2.96. The summed E-state index contributed by atoms with van der Waals surface area (Å²) in [5.41, 5.74) is 2.58. The number of fused-ring (bicyclic) bond motifs is 1. The van der Waals surface area contributed by atoms with Gasteiger partial charge in [-0.25, -0.2) is 4.98 Å². The van der Waals surface area contributed by atoms with Crippen LogP contribution in [-0.2, 0) is 11.3 Å². The molecule has 23 heavy (non-hydrogen) atoms. The molecule has 2 heterocycles. The van der Waals surface area contributed by atoms with Crippen molar-refractivity contribution in [3.05, 3.63) is 48.7 Å². The normalized spacial score (nSPS) is 10.8. The van der Waals surface area contributed by atoms with E-state index < -0.39 is 0 Å². The van der Waals surface area contributed by atoms with Gasteiger partial charge in [0.1, 0.15) is 12.2 Å². The predicted molar refractivity (Wildman–Crippen MR) is 90.9 cm³/mol. The predicted octanol–water partition coefficient (Wildman–Crippen LogP) is 3.01. The molecule has 0 unspecified atom stereocenters. The number of para-hydroxylation sites is 2. The summed E-state index contributed by atoms with van der Waals surface area (Å²) in [6.45, 7) is 3.06. The summed E-state index contributed by atoms with van der Waals surface area (Å²) in [5.74, 6) is 0.719. The number of pyridine rings is 1. The number of nitrogens with zero attached hydrogens (tertiary/aromatic N) is 3. The molecule has 0 aliphatic carbocycles. The van der Waals surface area contributed by atoms with E-state index >= 15 is 0 Å². The number of carbonyl (C=O) groups is 1. The molecular formula is C18H20N4O. The molecule has 0 radical (unpaired) electrons. The lowest BCUT2D eigenvalue weighted by Gasteiger charge is -2.09. The molecule has 2 aromatic heterocycles. The molecule has 1 aromatic carbocycles. The molecule has 0 atom stereocenters. The minimum Gasteiger partial charge on any atom is -0.355 e. The average Bonchev–Trinajstić information content (AvgIpc) is 2.95. The van der Waals surface area contributed by atoms with Crippen LogP contribution in [0.15, 0.2) is 48.7 Å². The highest BCUT2D eigenvalue weighted by atomic mass is 16.1. The van der Waals surface area contributed by atoms with Crippen LogP contribution in [-0.4, -0.2) is 27.0 Å². The van der Waals surface area contributed by atoms with Gasteiger partial charge in [-0.15, -0.1) is 0 Å². The van der Waals surface area contributed by atoms with Gasteiger partial charge < -0.3 is 9.88 Å². The Morgan fingerprint density at radius 1 is 1.17 bits per heavy atom. The monoisotopic (exact) mass is 308 g/mol. The topological polar surface area (TPSA) is 59.8 Å². The summed E-state index contributed by atoms with van der Waals surface area (Å²) in [6.07, 6.45) is 3.79. The van der Waals surface area contributed by atoms with Crippen molar-refractivity contribution in [3.63, 3.8) is 0 Å². The molecular weight excluding hydrogens is 288 g/mol. The van der Waals surface area contributed by atoms with Crippen molar-refractivity contribution in [2.45, 2.75) is 26.3 Å². The Labute approximate surface area is 135 Å². The van der Waals surface area contributed by atoms with Crippen molar-refractivity contribution in [2.24, 2.45) is 0 Å². The smallest absolute Gasteiger partial charge is 0.240 e. The summed E-state index contributed by atoms with van der Waals surface area (Å²) in [4.78, 5) is 21.3. The minimum absolute atomic E-state index is 0.00113. The molecule has 118 valence electrons. The molecule has 3 rings (SSSR count). The lowest BCUT2D eigenvalue weighted by Crippen LogP contribution is -2.28. The van der Waals surface area contributed by atoms with Crippen LogP contribution in [0, 0.1) is 0 Å². The number of rotatable bonds is 6. The van der Waals surface area contributed by atoms with E-state index in [0.717, 1.165) is 35.4 Å². The fourth-order valence-electron chi connectivity index (χ4n) is 2.53. The number of carbonyl (C=O) groups excluding carboxylic acids is 1. The van der Waals surface area contributed by atoms with E-state index in [1.165, 1.54) is 0 Å². The summed E-state index contributed by atoms with van der Waals surface area (Å²) in [6, 6.07) is 13.5. The molecule has 0 fully saturated rings. The summed E-state index contributed by atoms with van der Waals surface area (Å²) in [7, 11) is 0. The molecule has 0 aliphatic rings. The van der Waals surface area contributed by atoms with Gasteiger partial charge in [-0.1, -0.05) is 31.5 Å². The maximum Gasteiger partial charge on any atom is 0.240 e. The van der Waals surface area contributed by atoms with Gasteiger partial charge in [-0.2, -0.15) is 0 Å². The Hall–Kier alpha value is -2.69. The van der Waals surface area contributed by atoms with Gasteiger partial charge in [-0.05, 0) is 30.7 Å². The third-order valence-corrected chi connectivity index (χ3v) is 3.70. The number of hydrogen-bond acceptors (Lipinski definition) is 3. The van der Waals surface area contributed by atoms with Crippen LogP contribution >= 0.6 is 0 Å². The average molecular weight is 308 g/mol. The highest BCUT2D eigenvalue weighted by Gasteiger charge is 2.15. The lowest BCUT2D eigenvalue weighted by molar-refractivity contribution is -0.121. The molecule has 0 bridgehead atoms. The van der Waals surface area contributed by atoms with Crippen LogP contribution in [0.3, 0.4) is 0 Å². The number of nitrogens with one attached hydrogen (secondary N) is 1. The highest BCUT2D eigenvalue weighted by molar-refractivity contribution is 5.84. The van der Waals surface area contributed by atoms with Gasteiger partial charge >= 0.3 is 0 Å². The van der Waals surface area contributed by atoms with E-state index in [1.54, 1.807) is 6.20 Å². The van der Waals surface area contributed by atoms with Crippen molar-refractivity contribution >= 4 is 16.9 Å². The number of imidazole rings is 1. The first-order chi connectivity index (χ1) is 11.3. The molecule has 0 spiro atoms. The van der Waals surface area contributed by atoms with Crippen molar-refractivity contribution < 1.29 is 4.79 Å². The maximum atomic E-state index is 12.2. The Balaban J connectivity index is 1.95. The van der Waals surface area contributed by atoms with E-state index in [2.05, 4.69) is 22.2 Å². The van der Waals surface area contributed by atoms with E-state index in [-0.39, 0.29) is 12.5 Å². The number of amides is 1. The van der Waals surface area contributed by atoms with Crippen LogP contribution in [0.1, 0.15) is 19.8 Å². The van der Waals surface area contributed by atoms with Gasteiger partial charge in [0, 0.05) is 12.7 Å². The van der Waals surface area contributed by atoms with Gasteiger partial charge in [0.25, 0.3) is 0 Å². The Kier molecular flexibility index (Phi) is 4.66.